The lowest BCUT2D eigenvalue weighted by Gasteiger charge is -2.15. The molecule has 37 heavy (non-hydrogen) atoms. The first-order chi connectivity index (χ1) is 17.9. The van der Waals surface area contributed by atoms with Crippen molar-refractivity contribution in [2.45, 2.75) is 19.4 Å². The quantitative estimate of drug-likeness (QED) is 0.145. The first kappa shape index (κ1) is 23.9. The average Bonchev–Trinajstić information content (AvgIpc) is 3.18. The van der Waals surface area contributed by atoms with Crippen molar-refractivity contribution in [3.8, 4) is 11.5 Å². The van der Waals surface area contributed by atoms with Crippen molar-refractivity contribution < 1.29 is 28.8 Å². The van der Waals surface area contributed by atoms with Gasteiger partial charge in [-0.2, -0.15) is 0 Å². The molecule has 9 nitrogen and oxygen atoms in total. The van der Waals surface area contributed by atoms with E-state index in [1.54, 1.807) is 42.5 Å². The predicted molar refractivity (Wildman–Crippen MR) is 133 cm³/mol. The van der Waals surface area contributed by atoms with Crippen LogP contribution in [0.4, 0.5) is 11.4 Å². The van der Waals surface area contributed by atoms with Gasteiger partial charge in [0, 0.05) is 12.1 Å². The third-order valence-electron chi connectivity index (χ3n) is 6.42. The molecule has 0 radical (unpaired) electrons. The van der Waals surface area contributed by atoms with E-state index in [0.717, 1.165) is 5.56 Å². The fourth-order valence-corrected chi connectivity index (χ4v) is 4.48. The molecule has 0 aromatic heterocycles. The average molecular weight is 498 g/mol. The van der Waals surface area contributed by atoms with Crippen molar-refractivity contribution in [3.05, 3.63) is 106 Å². The predicted octanol–water partition coefficient (Wildman–Crippen LogP) is 5.20. The van der Waals surface area contributed by atoms with Crippen LogP contribution in [0, 0.1) is 22.0 Å². The highest BCUT2D eigenvalue weighted by Gasteiger charge is 2.47. The van der Waals surface area contributed by atoms with Crippen LogP contribution in [0.1, 0.15) is 28.8 Å². The Morgan fingerprint density at radius 1 is 0.892 bits per heavy atom. The van der Waals surface area contributed by atoms with Crippen LogP contribution < -0.4 is 9.64 Å². The number of nitro groups is 1. The number of benzene rings is 3. The smallest absolute Gasteiger partial charge is 0.338 e. The summed E-state index contributed by atoms with van der Waals surface area (Å²) in [6.45, 7) is 0.0122. The molecule has 1 fully saturated rings. The molecule has 0 spiro atoms. The number of carbonyl (C=O) groups excluding carboxylic acids is 3. The third-order valence-corrected chi connectivity index (χ3v) is 6.42. The number of hydrogen-bond donors (Lipinski definition) is 0. The minimum Gasteiger partial charge on any atom is -0.457 e. The number of rotatable bonds is 7. The number of imide groups is 1. The number of allylic oxidation sites excluding steroid dienone is 2. The van der Waals surface area contributed by atoms with Crippen LogP contribution in [0.25, 0.3) is 0 Å². The lowest BCUT2D eigenvalue weighted by atomic mass is 9.85. The van der Waals surface area contributed by atoms with Crippen molar-refractivity contribution in [2.75, 3.05) is 4.90 Å². The van der Waals surface area contributed by atoms with E-state index in [0.29, 0.717) is 30.0 Å². The van der Waals surface area contributed by atoms with E-state index in [1.165, 1.54) is 35.2 Å². The first-order valence-corrected chi connectivity index (χ1v) is 11.7. The van der Waals surface area contributed by atoms with E-state index >= 15 is 0 Å². The zero-order valence-electron chi connectivity index (χ0n) is 19.6. The number of nitrogens with zero attached hydrogens (tertiary/aromatic N) is 2. The third kappa shape index (κ3) is 4.97. The molecule has 3 aromatic rings. The number of ether oxygens (including phenoxy) is 2. The van der Waals surface area contributed by atoms with Gasteiger partial charge in [-0.25, -0.2) is 4.79 Å². The second-order valence-electron chi connectivity index (χ2n) is 8.79. The summed E-state index contributed by atoms with van der Waals surface area (Å²) < 4.78 is 11.1. The molecule has 1 aliphatic heterocycles. The van der Waals surface area contributed by atoms with E-state index < -0.39 is 10.9 Å². The topological polar surface area (TPSA) is 116 Å². The summed E-state index contributed by atoms with van der Waals surface area (Å²) >= 11 is 0. The van der Waals surface area contributed by atoms with E-state index in [-0.39, 0.29) is 41.5 Å². The molecule has 186 valence electrons. The Bertz CT molecular complexity index is 1370. The summed E-state index contributed by atoms with van der Waals surface area (Å²) in [6, 6.07) is 19.0. The zero-order chi connectivity index (χ0) is 25.9. The van der Waals surface area contributed by atoms with E-state index in [4.69, 9.17) is 9.47 Å². The zero-order valence-corrected chi connectivity index (χ0v) is 19.6. The van der Waals surface area contributed by atoms with E-state index in [9.17, 15) is 24.5 Å². The number of nitro benzene ring substituents is 1. The number of anilines is 1. The molecule has 5 rings (SSSR count). The molecule has 2 atom stereocenters. The summed E-state index contributed by atoms with van der Waals surface area (Å²) in [5, 5.41) is 10.8. The van der Waals surface area contributed by atoms with Crippen molar-refractivity contribution in [2.24, 2.45) is 11.8 Å². The number of carbonyl (C=O) groups is 3. The Kier molecular flexibility index (Phi) is 6.51. The van der Waals surface area contributed by atoms with Gasteiger partial charge in [0.05, 0.1) is 28.0 Å². The molecule has 1 aliphatic carbocycles. The van der Waals surface area contributed by atoms with Crippen LogP contribution >= 0.6 is 0 Å². The van der Waals surface area contributed by atoms with Gasteiger partial charge in [-0.1, -0.05) is 30.4 Å². The van der Waals surface area contributed by atoms with Gasteiger partial charge in [0.15, 0.2) is 0 Å². The molecule has 9 heteroatoms. The lowest BCUT2D eigenvalue weighted by Crippen LogP contribution is -2.31. The summed E-state index contributed by atoms with van der Waals surface area (Å²) in [5.74, 6) is -0.767. The highest BCUT2D eigenvalue weighted by Crippen LogP contribution is 2.37. The van der Waals surface area contributed by atoms with Gasteiger partial charge >= 0.3 is 5.97 Å². The molecule has 0 saturated carbocycles. The van der Waals surface area contributed by atoms with Gasteiger partial charge in [-0.15, -0.1) is 0 Å². The fourth-order valence-electron chi connectivity index (χ4n) is 4.48. The normalized spacial score (nSPS) is 18.4. The van der Waals surface area contributed by atoms with Crippen molar-refractivity contribution in [1.82, 2.24) is 0 Å². The number of hydrogen-bond acceptors (Lipinski definition) is 7. The molecular weight excluding hydrogens is 476 g/mol. The largest absolute Gasteiger partial charge is 0.457 e. The van der Waals surface area contributed by atoms with Gasteiger partial charge in [-0.3, -0.25) is 24.6 Å². The Balaban J connectivity index is 1.20. The summed E-state index contributed by atoms with van der Waals surface area (Å²) in [7, 11) is 0. The Morgan fingerprint density at radius 3 is 2.08 bits per heavy atom. The molecular formula is C28H22N2O7. The highest BCUT2D eigenvalue weighted by atomic mass is 16.6. The fraction of sp³-hybridized carbons (Fsp3) is 0.179. The molecule has 2 aliphatic rings. The standard InChI is InChI=1S/C28H22N2O7/c31-26-24-6-1-2-7-25(24)27(32)29(26)21-5-3-4-19(16-21)28(33)36-17-18-8-12-22(13-9-18)37-23-14-10-20(11-15-23)30(34)35/h1-5,8-16,24-25H,6-7,17H2/t24-,25+. The SMILES string of the molecule is O=C(OCc1ccc(Oc2ccc([N+](=O)[O-])cc2)cc1)c1cccc(N2C(=O)[C@H]3CC=CC[C@H]3C2=O)c1. The van der Waals surface area contributed by atoms with Crippen LogP contribution in [0.5, 0.6) is 11.5 Å². The van der Waals surface area contributed by atoms with E-state index in [1.807, 2.05) is 12.2 Å². The van der Waals surface area contributed by atoms with Crippen molar-refractivity contribution in [1.29, 1.82) is 0 Å². The molecule has 0 N–H and O–H groups in total. The summed E-state index contributed by atoms with van der Waals surface area (Å²) in [5.41, 5.74) is 1.31. The summed E-state index contributed by atoms with van der Waals surface area (Å²) in [6.07, 6.45) is 4.95. The van der Waals surface area contributed by atoms with Gasteiger partial charge in [0.2, 0.25) is 11.8 Å². The maximum atomic E-state index is 12.8. The number of amides is 2. The van der Waals surface area contributed by atoms with Crippen molar-refractivity contribution >= 4 is 29.2 Å². The number of esters is 1. The van der Waals surface area contributed by atoms with Gasteiger partial charge in [-0.05, 0) is 60.9 Å². The monoisotopic (exact) mass is 498 g/mol. The molecule has 1 saturated heterocycles. The minimum absolute atomic E-state index is 0.0122. The Hall–Kier alpha value is -4.79. The first-order valence-electron chi connectivity index (χ1n) is 11.7. The second-order valence-corrected chi connectivity index (χ2v) is 8.79. The lowest BCUT2D eigenvalue weighted by molar-refractivity contribution is -0.384. The second kappa shape index (κ2) is 10.1. The van der Waals surface area contributed by atoms with Crippen LogP contribution in [0.2, 0.25) is 0 Å². The van der Waals surface area contributed by atoms with Gasteiger partial charge in [0.1, 0.15) is 18.1 Å². The van der Waals surface area contributed by atoms with Crippen LogP contribution in [-0.4, -0.2) is 22.7 Å². The number of non-ortho nitro benzene ring substituents is 1. The molecule has 2 amide bonds. The van der Waals surface area contributed by atoms with Crippen LogP contribution in [0.3, 0.4) is 0 Å². The maximum Gasteiger partial charge on any atom is 0.338 e. The summed E-state index contributed by atoms with van der Waals surface area (Å²) in [4.78, 5) is 49.8. The molecule has 1 heterocycles. The van der Waals surface area contributed by atoms with Crippen LogP contribution in [0.15, 0.2) is 84.9 Å². The number of fused-ring (bicyclic) bond motifs is 1. The highest BCUT2D eigenvalue weighted by molar-refractivity contribution is 6.22. The van der Waals surface area contributed by atoms with Crippen molar-refractivity contribution in [3.63, 3.8) is 0 Å². The van der Waals surface area contributed by atoms with Gasteiger partial charge in [0.25, 0.3) is 5.69 Å². The Morgan fingerprint density at radius 2 is 1.49 bits per heavy atom. The van der Waals surface area contributed by atoms with Gasteiger partial charge < -0.3 is 9.47 Å². The maximum absolute atomic E-state index is 12.8. The molecule has 0 bridgehead atoms. The minimum atomic E-state index is -0.578. The Labute approximate surface area is 212 Å². The van der Waals surface area contributed by atoms with E-state index in [2.05, 4.69) is 0 Å². The molecule has 3 aromatic carbocycles. The van der Waals surface area contributed by atoms with Crippen LogP contribution in [-0.2, 0) is 20.9 Å². The molecule has 0 unspecified atom stereocenters.